The van der Waals surface area contributed by atoms with Gasteiger partial charge in [0.05, 0.1) is 12.2 Å². The van der Waals surface area contributed by atoms with Crippen LogP contribution in [0.1, 0.15) is 54.4 Å². The Hall–Kier alpha value is -2.79. The first-order valence-corrected chi connectivity index (χ1v) is 10.6. The Morgan fingerprint density at radius 3 is 2.21 bits per heavy atom. The summed E-state index contributed by atoms with van der Waals surface area (Å²) in [6.45, 7) is 8.17. The lowest BCUT2D eigenvalue weighted by atomic mass is 9.75. The van der Waals surface area contributed by atoms with Gasteiger partial charge in [-0.2, -0.15) is 0 Å². The van der Waals surface area contributed by atoms with Gasteiger partial charge in [0, 0.05) is 39.3 Å². The Morgan fingerprint density at radius 2 is 1.70 bits per heavy atom. The van der Waals surface area contributed by atoms with Gasteiger partial charge >= 0.3 is 17.9 Å². The third kappa shape index (κ3) is 6.61. The number of hydrogen-bond donors (Lipinski definition) is 2. The normalized spacial score (nSPS) is 30.0. The van der Waals surface area contributed by atoms with Gasteiger partial charge in [-0.15, -0.1) is 0 Å². The maximum Gasteiger partial charge on any atom is 0.303 e. The van der Waals surface area contributed by atoms with Crippen LogP contribution in [0.5, 0.6) is 0 Å². The number of aliphatic hydroxyl groups is 1. The molecule has 11 heteroatoms. The molecular weight excluding hydrogens is 436 g/mol. The van der Waals surface area contributed by atoms with Gasteiger partial charge in [0.25, 0.3) is 0 Å². The number of nitrogens with zero attached hydrogens (tertiary/aromatic N) is 1. The number of ketones is 1. The number of allylic oxidation sites excluding steroid dienone is 2. The van der Waals surface area contributed by atoms with Crippen molar-refractivity contribution in [3.63, 3.8) is 0 Å². The molecule has 0 aromatic heterocycles. The zero-order chi connectivity index (χ0) is 25.1. The average Bonchev–Trinajstić information content (AvgIpc) is 2.61. The van der Waals surface area contributed by atoms with Crippen LogP contribution < -0.4 is 5.73 Å². The first kappa shape index (κ1) is 26.5. The fourth-order valence-corrected chi connectivity index (χ4v) is 4.08. The van der Waals surface area contributed by atoms with E-state index in [-0.39, 0.29) is 48.9 Å². The van der Waals surface area contributed by atoms with Crippen molar-refractivity contribution in [2.45, 2.75) is 78.4 Å². The van der Waals surface area contributed by atoms with E-state index in [9.17, 15) is 24.3 Å². The molecule has 0 unspecified atom stereocenters. The van der Waals surface area contributed by atoms with Crippen LogP contribution >= 0.6 is 0 Å². The molecule has 4 atom stereocenters. The average molecular weight is 469 g/mol. The molecule has 1 heterocycles. The van der Waals surface area contributed by atoms with E-state index in [1.54, 1.807) is 0 Å². The largest absolute Gasteiger partial charge is 0.511 e. The summed E-state index contributed by atoms with van der Waals surface area (Å²) in [6.07, 6.45) is -3.05. The molecule has 33 heavy (non-hydrogen) atoms. The topological polar surface area (TPSA) is 164 Å². The van der Waals surface area contributed by atoms with Gasteiger partial charge in [-0.3, -0.25) is 24.2 Å². The molecule has 1 aliphatic heterocycles. The smallest absolute Gasteiger partial charge is 0.303 e. The van der Waals surface area contributed by atoms with Gasteiger partial charge in [0.15, 0.2) is 23.7 Å². The molecule has 184 valence electrons. The van der Waals surface area contributed by atoms with Gasteiger partial charge in [-0.25, -0.2) is 0 Å². The van der Waals surface area contributed by atoms with Crippen LogP contribution in [-0.4, -0.2) is 71.7 Å². The number of ether oxygens (including phenoxy) is 4. The summed E-state index contributed by atoms with van der Waals surface area (Å²) in [7, 11) is 0. The second kappa shape index (κ2) is 10.0. The van der Waals surface area contributed by atoms with E-state index in [1.165, 1.54) is 13.8 Å². The van der Waals surface area contributed by atoms with Crippen LogP contribution in [-0.2, 0) is 38.1 Å². The number of aliphatic imine (C=N–C) groups is 1. The minimum absolute atomic E-state index is 0.0480. The Bertz CT molecular complexity index is 892. The maximum atomic E-state index is 12.7. The standard InChI is InChI=1S/C22H32N2O9/c1-11(18-15(28)7-21(5,6)8-16(18)29)24-22(23)10-31-17(9-30-12(2)25)19(32-13(3)26)20(22)33-14(4)27/h17,19-20,28H,7-10,23H2,1-6H3/t17-,19-,20+,22-/m1/s1. The second-order valence-corrected chi connectivity index (χ2v) is 9.21. The molecule has 0 bridgehead atoms. The second-order valence-electron chi connectivity index (χ2n) is 9.21. The molecule has 3 N–H and O–H groups in total. The molecule has 0 aromatic carbocycles. The van der Waals surface area contributed by atoms with E-state index in [4.69, 9.17) is 24.7 Å². The van der Waals surface area contributed by atoms with Crippen molar-refractivity contribution in [3.05, 3.63) is 11.3 Å². The highest BCUT2D eigenvalue weighted by molar-refractivity contribution is 6.22. The summed E-state index contributed by atoms with van der Waals surface area (Å²) in [5, 5.41) is 10.5. The van der Waals surface area contributed by atoms with Crippen molar-refractivity contribution in [2.24, 2.45) is 16.1 Å². The number of Topliss-reactive ketones (excluding diaryl/α,β-unsaturated/α-hetero) is 1. The highest BCUT2D eigenvalue weighted by Gasteiger charge is 2.53. The Balaban J connectivity index is 2.48. The van der Waals surface area contributed by atoms with Crippen molar-refractivity contribution in [3.8, 4) is 0 Å². The molecule has 0 saturated carbocycles. The third-order valence-electron chi connectivity index (χ3n) is 5.32. The van der Waals surface area contributed by atoms with Crippen LogP contribution in [0.3, 0.4) is 0 Å². The molecule has 2 rings (SSSR count). The lowest BCUT2D eigenvalue weighted by Crippen LogP contribution is -2.68. The zero-order valence-corrected chi connectivity index (χ0v) is 19.8. The van der Waals surface area contributed by atoms with E-state index < -0.39 is 47.3 Å². The summed E-state index contributed by atoms with van der Waals surface area (Å²) in [4.78, 5) is 52.0. The van der Waals surface area contributed by atoms with Gasteiger partial charge in [0.2, 0.25) is 0 Å². The Kier molecular flexibility index (Phi) is 8.02. The summed E-state index contributed by atoms with van der Waals surface area (Å²) in [6, 6.07) is 0. The Labute approximate surface area is 192 Å². The van der Waals surface area contributed by atoms with E-state index >= 15 is 0 Å². The minimum atomic E-state index is -1.76. The molecular formula is C22H32N2O9. The number of aliphatic hydroxyl groups excluding tert-OH is 1. The number of nitrogens with two attached hydrogens (primary N) is 1. The fourth-order valence-electron chi connectivity index (χ4n) is 4.08. The first-order valence-electron chi connectivity index (χ1n) is 10.6. The van der Waals surface area contributed by atoms with Gasteiger partial charge in [0.1, 0.15) is 18.5 Å². The van der Waals surface area contributed by atoms with Gasteiger partial charge in [-0.1, -0.05) is 13.8 Å². The summed E-state index contributed by atoms with van der Waals surface area (Å²) in [5.41, 5.74) is 4.51. The minimum Gasteiger partial charge on any atom is -0.511 e. The van der Waals surface area contributed by atoms with E-state index in [0.29, 0.717) is 0 Å². The number of rotatable bonds is 6. The molecule has 0 amide bonds. The molecule has 0 spiro atoms. The predicted molar refractivity (Wildman–Crippen MR) is 115 cm³/mol. The van der Waals surface area contributed by atoms with Crippen LogP contribution in [0.4, 0.5) is 0 Å². The van der Waals surface area contributed by atoms with E-state index in [1.807, 2.05) is 13.8 Å². The molecule has 11 nitrogen and oxygen atoms in total. The Morgan fingerprint density at radius 1 is 1.09 bits per heavy atom. The van der Waals surface area contributed by atoms with E-state index in [0.717, 1.165) is 13.8 Å². The molecule has 0 aromatic rings. The monoisotopic (exact) mass is 468 g/mol. The molecule has 0 radical (unpaired) electrons. The van der Waals surface area contributed by atoms with Crippen LogP contribution in [0.25, 0.3) is 0 Å². The lowest BCUT2D eigenvalue weighted by Gasteiger charge is -2.45. The lowest BCUT2D eigenvalue weighted by molar-refractivity contribution is -0.217. The first-order chi connectivity index (χ1) is 15.1. The third-order valence-corrected chi connectivity index (χ3v) is 5.32. The summed E-state index contributed by atoms with van der Waals surface area (Å²) >= 11 is 0. The predicted octanol–water partition coefficient (Wildman–Crippen LogP) is 1.13. The van der Waals surface area contributed by atoms with Crippen LogP contribution in [0.15, 0.2) is 16.3 Å². The SMILES string of the molecule is CC(=O)OC[C@H]1OC[C@@](N)(N=C(C)C2=C(O)CC(C)(C)CC2=O)[C@@H](OC(C)=O)[C@@H]1OC(C)=O. The fraction of sp³-hybridized carbons (Fsp3) is 0.682. The molecule has 1 saturated heterocycles. The highest BCUT2D eigenvalue weighted by Crippen LogP contribution is 2.37. The van der Waals surface area contributed by atoms with Crippen LogP contribution in [0.2, 0.25) is 0 Å². The quantitative estimate of drug-likeness (QED) is 0.328. The molecule has 1 fully saturated rings. The van der Waals surface area contributed by atoms with Crippen molar-refractivity contribution in [1.82, 2.24) is 0 Å². The summed E-state index contributed by atoms with van der Waals surface area (Å²) in [5.74, 6) is -2.40. The number of carbonyl (C=O) groups excluding carboxylic acids is 4. The van der Waals surface area contributed by atoms with Gasteiger partial charge in [-0.05, 0) is 12.3 Å². The van der Waals surface area contributed by atoms with Crippen molar-refractivity contribution >= 4 is 29.4 Å². The van der Waals surface area contributed by atoms with E-state index in [2.05, 4.69) is 4.99 Å². The number of carbonyl (C=O) groups is 4. The maximum absolute atomic E-state index is 12.7. The van der Waals surface area contributed by atoms with Gasteiger partial charge < -0.3 is 29.8 Å². The number of hydrogen-bond acceptors (Lipinski definition) is 11. The zero-order valence-electron chi connectivity index (χ0n) is 19.8. The molecule has 1 aliphatic carbocycles. The van der Waals surface area contributed by atoms with Crippen molar-refractivity contribution in [1.29, 1.82) is 0 Å². The number of esters is 3. The van der Waals surface area contributed by atoms with Crippen molar-refractivity contribution in [2.75, 3.05) is 13.2 Å². The summed E-state index contributed by atoms with van der Waals surface area (Å²) < 4.78 is 21.4. The highest BCUT2D eigenvalue weighted by atomic mass is 16.6. The van der Waals surface area contributed by atoms with Crippen LogP contribution in [0, 0.1) is 5.41 Å². The molecule has 2 aliphatic rings. The van der Waals surface area contributed by atoms with Crippen molar-refractivity contribution < 1.29 is 43.2 Å².